The maximum atomic E-state index is 13.1. The first-order chi connectivity index (χ1) is 12.9. The lowest BCUT2D eigenvalue weighted by Gasteiger charge is -2.36. The van der Waals surface area contributed by atoms with Gasteiger partial charge in [0.1, 0.15) is 0 Å². The first-order valence-corrected chi connectivity index (χ1v) is 9.16. The molecular weight excluding hydrogens is 346 g/mol. The van der Waals surface area contributed by atoms with E-state index in [1.54, 1.807) is 25.1 Å². The molecule has 1 atom stereocenters. The van der Waals surface area contributed by atoms with Crippen molar-refractivity contribution in [2.24, 2.45) is 5.92 Å². The van der Waals surface area contributed by atoms with E-state index in [1.165, 1.54) is 4.90 Å². The largest absolute Gasteiger partial charge is 0.335 e. The molecule has 1 aromatic rings. The van der Waals surface area contributed by atoms with E-state index in [0.29, 0.717) is 11.4 Å². The number of carbonyl (C=O) groups is 3. The third-order valence-electron chi connectivity index (χ3n) is 5.05. The number of allylic oxidation sites excluding steroid dienone is 1. The highest BCUT2D eigenvalue weighted by Gasteiger charge is 2.44. The van der Waals surface area contributed by atoms with E-state index >= 15 is 0 Å². The second-order valence-corrected chi connectivity index (χ2v) is 6.99. The normalized spacial score (nSPS) is 22.8. The number of nitrogens with one attached hydrogen (secondary N) is 3. The molecule has 0 unspecified atom stereocenters. The summed E-state index contributed by atoms with van der Waals surface area (Å²) in [6.07, 6.45) is 1.72. The van der Waals surface area contributed by atoms with Crippen molar-refractivity contribution in [2.75, 3.05) is 38.1 Å². The van der Waals surface area contributed by atoms with E-state index in [-0.39, 0.29) is 0 Å². The van der Waals surface area contributed by atoms with Crippen molar-refractivity contribution in [1.29, 1.82) is 0 Å². The number of hydrogen-bond donors (Lipinski definition) is 3. The van der Waals surface area contributed by atoms with Gasteiger partial charge in [0.25, 0.3) is 5.91 Å². The number of nitrogens with zero attached hydrogens (tertiary/aromatic N) is 2. The zero-order chi connectivity index (χ0) is 19.6. The highest BCUT2D eigenvalue weighted by atomic mass is 16.2. The van der Waals surface area contributed by atoms with Gasteiger partial charge in [0.2, 0.25) is 5.91 Å². The van der Waals surface area contributed by atoms with Gasteiger partial charge in [0, 0.05) is 5.70 Å². The number of aryl methyl sites for hydroxylation is 1. The molecule has 8 heteroatoms. The highest BCUT2D eigenvalue weighted by Crippen LogP contribution is 2.26. The molecule has 3 rings (SSSR count). The molecule has 0 aromatic heterocycles. The van der Waals surface area contributed by atoms with Crippen LogP contribution >= 0.6 is 0 Å². The standard InChI is InChI=1S/C19H25N5O3/c1-4-14(21-23-11-9-22(3)10-12-23)16-17(25)20-19(27)24(18(16)26)15-8-6-5-7-13(15)2/h4-8,16,21H,9-12H2,1-3H3,(H,20,25,27)/p+1/b14-4+/t16-/m1/s1. The van der Waals surface area contributed by atoms with Crippen LogP contribution in [-0.2, 0) is 9.59 Å². The molecule has 0 spiro atoms. The van der Waals surface area contributed by atoms with Crippen LogP contribution < -0.4 is 20.5 Å². The number of likely N-dealkylation sites (N-methyl/N-ethyl adjacent to an activating group) is 1. The van der Waals surface area contributed by atoms with Crippen molar-refractivity contribution in [3.63, 3.8) is 0 Å². The predicted octanol–water partition coefficient (Wildman–Crippen LogP) is -0.567. The molecule has 0 radical (unpaired) electrons. The minimum absolute atomic E-state index is 0.483. The van der Waals surface area contributed by atoms with Crippen LogP contribution in [0.1, 0.15) is 12.5 Å². The van der Waals surface area contributed by atoms with E-state index in [1.807, 2.05) is 24.1 Å². The SMILES string of the molecule is C/C=C(/NN1CC[NH+](C)CC1)[C@@H]1C(=O)NC(=O)N(c2ccccc2C)C1=O. The molecule has 27 heavy (non-hydrogen) atoms. The van der Waals surface area contributed by atoms with Crippen LogP contribution in [0.25, 0.3) is 0 Å². The Balaban J connectivity index is 1.85. The minimum Gasteiger partial charge on any atom is -0.335 e. The average molecular weight is 372 g/mol. The van der Waals surface area contributed by atoms with Crippen molar-refractivity contribution in [3.05, 3.63) is 41.6 Å². The second-order valence-electron chi connectivity index (χ2n) is 6.99. The lowest BCUT2D eigenvalue weighted by molar-refractivity contribution is -0.884. The minimum atomic E-state index is -1.08. The fourth-order valence-electron chi connectivity index (χ4n) is 3.37. The van der Waals surface area contributed by atoms with Crippen LogP contribution in [0.2, 0.25) is 0 Å². The molecule has 2 aliphatic heterocycles. The molecule has 8 nitrogen and oxygen atoms in total. The Morgan fingerprint density at radius 1 is 1.22 bits per heavy atom. The summed E-state index contributed by atoms with van der Waals surface area (Å²) in [4.78, 5) is 40.5. The van der Waals surface area contributed by atoms with Crippen LogP contribution in [0.3, 0.4) is 0 Å². The summed E-state index contributed by atoms with van der Waals surface area (Å²) in [5.74, 6) is -2.23. The Kier molecular flexibility index (Phi) is 5.57. The van der Waals surface area contributed by atoms with Crippen LogP contribution in [0, 0.1) is 12.8 Å². The van der Waals surface area contributed by atoms with Gasteiger partial charge in [-0.25, -0.2) is 14.7 Å². The maximum Gasteiger partial charge on any atom is 0.335 e. The Labute approximate surface area is 158 Å². The first-order valence-electron chi connectivity index (χ1n) is 9.16. The summed E-state index contributed by atoms with van der Waals surface area (Å²) in [5.41, 5.74) is 4.97. The van der Waals surface area contributed by atoms with Crippen molar-refractivity contribution < 1.29 is 19.3 Å². The fourth-order valence-corrected chi connectivity index (χ4v) is 3.37. The van der Waals surface area contributed by atoms with Crippen molar-refractivity contribution >= 4 is 23.5 Å². The Hall–Kier alpha value is -2.71. The number of piperazine rings is 1. The number of barbiturate groups is 1. The van der Waals surface area contributed by atoms with Crippen molar-refractivity contribution in [1.82, 2.24) is 15.8 Å². The smallest absolute Gasteiger partial charge is 0.335 e. The molecule has 0 bridgehead atoms. The zero-order valence-corrected chi connectivity index (χ0v) is 15.9. The molecule has 2 saturated heterocycles. The molecule has 4 amide bonds. The number of carbonyl (C=O) groups excluding carboxylic acids is 3. The molecule has 2 aliphatic rings. The number of quaternary nitrogens is 1. The lowest BCUT2D eigenvalue weighted by Crippen LogP contribution is -3.12. The van der Waals surface area contributed by atoms with Crippen LogP contribution in [0.4, 0.5) is 10.5 Å². The van der Waals surface area contributed by atoms with E-state index < -0.39 is 23.8 Å². The fraction of sp³-hybridized carbons (Fsp3) is 0.421. The third kappa shape index (κ3) is 3.86. The Bertz CT molecular complexity index is 783. The van der Waals surface area contributed by atoms with Gasteiger partial charge in [-0.1, -0.05) is 24.3 Å². The number of imide groups is 2. The van der Waals surface area contributed by atoms with Gasteiger partial charge < -0.3 is 10.3 Å². The van der Waals surface area contributed by atoms with Crippen LogP contribution in [-0.4, -0.2) is 56.1 Å². The molecule has 2 fully saturated rings. The van der Waals surface area contributed by atoms with E-state index in [0.717, 1.165) is 36.6 Å². The summed E-state index contributed by atoms with van der Waals surface area (Å²) in [6.45, 7) is 7.17. The number of hydrazine groups is 1. The number of para-hydroxylation sites is 1. The predicted molar refractivity (Wildman–Crippen MR) is 101 cm³/mol. The van der Waals surface area contributed by atoms with Gasteiger partial charge in [-0.15, -0.1) is 0 Å². The van der Waals surface area contributed by atoms with E-state index in [4.69, 9.17) is 0 Å². The van der Waals surface area contributed by atoms with E-state index in [9.17, 15) is 14.4 Å². The summed E-state index contributed by atoms with van der Waals surface area (Å²) in [5, 5.41) is 4.33. The topological polar surface area (TPSA) is 86.2 Å². The van der Waals surface area contributed by atoms with Crippen LogP contribution in [0.5, 0.6) is 0 Å². The van der Waals surface area contributed by atoms with Gasteiger partial charge in [-0.05, 0) is 25.5 Å². The first kappa shape index (κ1) is 19.1. The van der Waals surface area contributed by atoms with Gasteiger partial charge in [-0.3, -0.25) is 14.9 Å². The molecule has 0 saturated carbocycles. The molecule has 0 aliphatic carbocycles. The number of hydrogen-bond acceptors (Lipinski definition) is 5. The molecule has 1 aromatic carbocycles. The van der Waals surface area contributed by atoms with Gasteiger partial charge in [0.15, 0.2) is 5.92 Å². The quantitative estimate of drug-likeness (QED) is 0.617. The third-order valence-corrected chi connectivity index (χ3v) is 5.05. The molecule has 2 heterocycles. The molecular formula is C19H26N5O3+. The van der Waals surface area contributed by atoms with Crippen molar-refractivity contribution in [2.45, 2.75) is 13.8 Å². The highest BCUT2D eigenvalue weighted by molar-refractivity contribution is 6.29. The number of urea groups is 1. The van der Waals surface area contributed by atoms with Gasteiger partial charge >= 0.3 is 6.03 Å². The summed E-state index contributed by atoms with van der Waals surface area (Å²) in [7, 11) is 2.14. The van der Waals surface area contributed by atoms with E-state index in [2.05, 4.69) is 17.8 Å². The Morgan fingerprint density at radius 3 is 2.52 bits per heavy atom. The molecule has 144 valence electrons. The average Bonchev–Trinajstić information content (AvgIpc) is 2.63. The summed E-state index contributed by atoms with van der Waals surface area (Å²) in [6, 6.07) is 6.40. The summed E-state index contributed by atoms with van der Waals surface area (Å²) < 4.78 is 0. The number of benzene rings is 1. The zero-order valence-electron chi connectivity index (χ0n) is 15.9. The van der Waals surface area contributed by atoms with Crippen molar-refractivity contribution in [3.8, 4) is 0 Å². The monoisotopic (exact) mass is 372 g/mol. The Morgan fingerprint density at radius 2 is 1.89 bits per heavy atom. The second kappa shape index (κ2) is 7.89. The lowest BCUT2D eigenvalue weighted by atomic mass is 9.99. The molecule has 3 N–H and O–H groups in total. The maximum absolute atomic E-state index is 13.1. The van der Waals surface area contributed by atoms with Crippen LogP contribution in [0.15, 0.2) is 36.0 Å². The van der Waals surface area contributed by atoms with Gasteiger partial charge in [0.05, 0.1) is 38.9 Å². The summed E-state index contributed by atoms with van der Waals surface area (Å²) >= 11 is 0. The number of rotatable bonds is 4. The van der Waals surface area contributed by atoms with Gasteiger partial charge in [-0.2, -0.15) is 0 Å². The number of anilines is 1. The number of amides is 4.